The molecule has 1 aromatic heterocycles. The van der Waals surface area contributed by atoms with E-state index in [4.69, 9.17) is 5.73 Å². The topological polar surface area (TPSA) is 50.9 Å². The zero-order valence-corrected chi connectivity index (χ0v) is 9.20. The molecule has 0 aromatic carbocycles. The highest BCUT2D eigenvalue weighted by molar-refractivity contribution is 5.12. The summed E-state index contributed by atoms with van der Waals surface area (Å²) in [7, 11) is 0. The van der Waals surface area contributed by atoms with Gasteiger partial charge < -0.3 is 11.1 Å². The normalized spacial score (nSPS) is 13.1. The van der Waals surface area contributed by atoms with Crippen LogP contribution in [0.5, 0.6) is 0 Å². The van der Waals surface area contributed by atoms with Crippen LogP contribution in [0.2, 0.25) is 0 Å². The summed E-state index contributed by atoms with van der Waals surface area (Å²) in [5.41, 5.74) is 6.24. The van der Waals surface area contributed by atoms with Gasteiger partial charge in [0.1, 0.15) is 5.82 Å². The van der Waals surface area contributed by atoms with Crippen LogP contribution >= 0.6 is 0 Å². The Morgan fingerprint density at radius 1 is 1.53 bits per heavy atom. The van der Waals surface area contributed by atoms with Crippen molar-refractivity contribution in [3.8, 4) is 0 Å². The van der Waals surface area contributed by atoms with E-state index in [1.165, 1.54) is 6.20 Å². The maximum absolute atomic E-state index is 13.2. The van der Waals surface area contributed by atoms with Crippen LogP contribution in [0.3, 0.4) is 0 Å². The van der Waals surface area contributed by atoms with Crippen LogP contribution in [-0.2, 0) is 6.54 Å². The van der Waals surface area contributed by atoms with Gasteiger partial charge in [0.15, 0.2) is 0 Å². The molecule has 0 aliphatic rings. The smallest absolute Gasteiger partial charge is 0.145 e. The van der Waals surface area contributed by atoms with E-state index in [0.717, 1.165) is 0 Å². The van der Waals surface area contributed by atoms with E-state index in [0.29, 0.717) is 24.6 Å². The molecule has 0 amide bonds. The van der Waals surface area contributed by atoms with Crippen LogP contribution in [0.25, 0.3) is 0 Å². The molecule has 0 spiro atoms. The van der Waals surface area contributed by atoms with Crippen molar-refractivity contribution in [2.45, 2.75) is 26.4 Å². The predicted molar refractivity (Wildman–Crippen MR) is 58.7 cm³/mol. The van der Waals surface area contributed by atoms with Gasteiger partial charge in [0, 0.05) is 30.9 Å². The minimum atomic E-state index is -0.274. The van der Waals surface area contributed by atoms with E-state index in [2.05, 4.69) is 24.1 Å². The summed E-state index contributed by atoms with van der Waals surface area (Å²) in [6.07, 6.45) is 2.82. The summed E-state index contributed by atoms with van der Waals surface area (Å²) in [6, 6.07) is 1.90. The molecule has 0 aliphatic carbocycles. The lowest BCUT2D eigenvalue weighted by Crippen LogP contribution is -2.39. The zero-order valence-electron chi connectivity index (χ0n) is 9.20. The van der Waals surface area contributed by atoms with E-state index in [-0.39, 0.29) is 11.9 Å². The molecule has 4 heteroatoms. The number of hydrogen-bond donors (Lipinski definition) is 2. The Morgan fingerprint density at radius 3 is 2.80 bits per heavy atom. The quantitative estimate of drug-likeness (QED) is 0.771. The summed E-state index contributed by atoms with van der Waals surface area (Å²) >= 11 is 0. The predicted octanol–water partition coefficient (Wildman–Crippen LogP) is 1.29. The number of aromatic nitrogens is 1. The standard InChI is InChI=1S/C11H18FN3/c1-8(2)11(5-13)15-6-9-3-4-14-7-10(9)12/h3-4,7-8,11,15H,5-6,13H2,1-2H3. The molecule has 1 heterocycles. The first-order valence-electron chi connectivity index (χ1n) is 5.17. The first-order chi connectivity index (χ1) is 7.15. The van der Waals surface area contributed by atoms with E-state index < -0.39 is 0 Å². The summed E-state index contributed by atoms with van der Waals surface area (Å²) in [5.74, 6) is 0.171. The number of nitrogens with one attached hydrogen (secondary N) is 1. The highest BCUT2D eigenvalue weighted by Crippen LogP contribution is 2.06. The Balaban J connectivity index is 2.53. The molecule has 3 nitrogen and oxygen atoms in total. The van der Waals surface area contributed by atoms with Crippen LogP contribution in [-0.4, -0.2) is 17.6 Å². The Labute approximate surface area is 89.9 Å². The average Bonchev–Trinajstić information content (AvgIpc) is 2.21. The van der Waals surface area contributed by atoms with Crippen molar-refractivity contribution < 1.29 is 4.39 Å². The number of pyridine rings is 1. The lowest BCUT2D eigenvalue weighted by atomic mass is 10.0. The van der Waals surface area contributed by atoms with Gasteiger partial charge in [-0.05, 0) is 12.0 Å². The molecule has 0 aliphatic heterocycles. The molecule has 84 valence electrons. The molecule has 0 saturated heterocycles. The highest BCUT2D eigenvalue weighted by atomic mass is 19.1. The summed E-state index contributed by atoms with van der Waals surface area (Å²) in [4.78, 5) is 3.70. The molecule has 0 fully saturated rings. The van der Waals surface area contributed by atoms with E-state index in [1.807, 2.05) is 0 Å². The van der Waals surface area contributed by atoms with Gasteiger partial charge >= 0.3 is 0 Å². The zero-order chi connectivity index (χ0) is 11.3. The number of hydrogen-bond acceptors (Lipinski definition) is 3. The van der Waals surface area contributed by atoms with Gasteiger partial charge in [-0.3, -0.25) is 4.98 Å². The van der Waals surface area contributed by atoms with Crippen molar-refractivity contribution in [3.63, 3.8) is 0 Å². The largest absolute Gasteiger partial charge is 0.329 e. The first kappa shape index (κ1) is 12.1. The number of nitrogens with two attached hydrogens (primary N) is 1. The Kier molecular flexibility index (Phi) is 4.65. The van der Waals surface area contributed by atoms with Crippen LogP contribution in [0.1, 0.15) is 19.4 Å². The molecular formula is C11H18FN3. The van der Waals surface area contributed by atoms with Crippen LogP contribution < -0.4 is 11.1 Å². The van der Waals surface area contributed by atoms with Crippen molar-refractivity contribution in [1.29, 1.82) is 0 Å². The summed E-state index contributed by atoms with van der Waals surface area (Å²) in [5, 5.41) is 3.23. The van der Waals surface area contributed by atoms with E-state index >= 15 is 0 Å². The third kappa shape index (κ3) is 3.57. The lowest BCUT2D eigenvalue weighted by molar-refractivity contribution is 0.401. The van der Waals surface area contributed by atoms with Crippen molar-refractivity contribution in [1.82, 2.24) is 10.3 Å². The SMILES string of the molecule is CC(C)C(CN)NCc1ccncc1F. The monoisotopic (exact) mass is 211 g/mol. The molecule has 1 atom stereocenters. The molecule has 0 bridgehead atoms. The second-order valence-electron chi connectivity index (χ2n) is 3.93. The molecule has 3 N–H and O–H groups in total. The molecule has 1 aromatic rings. The van der Waals surface area contributed by atoms with Gasteiger partial charge in [0.05, 0.1) is 6.20 Å². The first-order valence-corrected chi connectivity index (χ1v) is 5.17. The van der Waals surface area contributed by atoms with Gasteiger partial charge in [-0.25, -0.2) is 4.39 Å². The fourth-order valence-corrected chi connectivity index (χ4v) is 1.38. The molecule has 15 heavy (non-hydrogen) atoms. The minimum absolute atomic E-state index is 0.220. The van der Waals surface area contributed by atoms with Crippen LogP contribution in [0.4, 0.5) is 4.39 Å². The molecule has 1 rings (SSSR count). The molecule has 0 saturated carbocycles. The second kappa shape index (κ2) is 5.78. The van der Waals surface area contributed by atoms with E-state index in [1.54, 1.807) is 12.3 Å². The van der Waals surface area contributed by atoms with Crippen molar-refractivity contribution >= 4 is 0 Å². The van der Waals surface area contributed by atoms with Gasteiger partial charge in [0.2, 0.25) is 0 Å². The fraction of sp³-hybridized carbons (Fsp3) is 0.545. The highest BCUT2D eigenvalue weighted by Gasteiger charge is 2.11. The molecule has 0 radical (unpaired) electrons. The summed E-state index contributed by atoms with van der Waals surface area (Å²) in [6.45, 7) is 5.24. The number of halogens is 1. The minimum Gasteiger partial charge on any atom is -0.329 e. The third-order valence-corrected chi connectivity index (χ3v) is 2.47. The Bertz CT molecular complexity index is 302. The lowest BCUT2D eigenvalue weighted by Gasteiger charge is -2.20. The van der Waals surface area contributed by atoms with Crippen molar-refractivity contribution in [2.24, 2.45) is 11.7 Å². The van der Waals surface area contributed by atoms with Gasteiger partial charge in [-0.1, -0.05) is 13.8 Å². The maximum Gasteiger partial charge on any atom is 0.145 e. The van der Waals surface area contributed by atoms with Crippen molar-refractivity contribution in [3.05, 3.63) is 29.8 Å². The maximum atomic E-state index is 13.2. The summed E-state index contributed by atoms with van der Waals surface area (Å²) < 4.78 is 13.2. The number of nitrogens with zero attached hydrogens (tertiary/aromatic N) is 1. The van der Waals surface area contributed by atoms with Gasteiger partial charge in [-0.15, -0.1) is 0 Å². The molecular weight excluding hydrogens is 193 g/mol. The van der Waals surface area contributed by atoms with Crippen LogP contribution in [0.15, 0.2) is 18.5 Å². The Morgan fingerprint density at radius 2 is 2.27 bits per heavy atom. The fourth-order valence-electron chi connectivity index (χ4n) is 1.38. The third-order valence-electron chi connectivity index (χ3n) is 2.47. The molecule has 1 unspecified atom stereocenters. The average molecular weight is 211 g/mol. The van der Waals surface area contributed by atoms with Crippen molar-refractivity contribution in [2.75, 3.05) is 6.54 Å². The van der Waals surface area contributed by atoms with Gasteiger partial charge in [-0.2, -0.15) is 0 Å². The Hall–Kier alpha value is -1.00. The second-order valence-corrected chi connectivity index (χ2v) is 3.93. The van der Waals surface area contributed by atoms with E-state index in [9.17, 15) is 4.39 Å². The van der Waals surface area contributed by atoms with Gasteiger partial charge in [0.25, 0.3) is 0 Å². The van der Waals surface area contributed by atoms with Crippen LogP contribution in [0, 0.1) is 11.7 Å². The number of rotatable bonds is 5.